The summed E-state index contributed by atoms with van der Waals surface area (Å²) in [4.78, 5) is 10.7. The van der Waals surface area contributed by atoms with E-state index in [0.717, 1.165) is 6.42 Å². The van der Waals surface area contributed by atoms with Crippen LogP contribution in [0.15, 0.2) is 0 Å². The Kier molecular flexibility index (Phi) is 9.26. The molecule has 0 heterocycles. The Bertz CT molecular complexity index is 217. The third kappa shape index (κ3) is 5.47. The molecule has 0 aliphatic rings. The highest BCUT2D eigenvalue weighted by molar-refractivity contribution is 6.62. The SMILES string of the molecule is CCO[Si](OCC)(OCC)C(CC)CCC(=O)O. The van der Waals surface area contributed by atoms with E-state index in [0.29, 0.717) is 26.2 Å². The zero-order chi connectivity index (χ0) is 14.0. The predicted octanol–water partition coefficient (Wildman–Crippen LogP) is 2.68. The summed E-state index contributed by atoms with van der Waals surface area (Å²) in [5, 5.41) is 8.81. The molecule has 108 valence electrons. The van der Waals surface area contributed by atoms with Crippen LogP contribution in [0.2, 0.25) is 5.54 Å². The van der Waals surface area contributed by atoms with Crippen molar-refractivity contribution in [2.45, 2.75) is 52.5 Å². The van der Waals surface area contributed by atoms with Gasteiger partial charge < -0.3 is 18.4 Å². The van der Waals surface area contributed by atoms with E-state index in [4.69, 9.17) is 18.4 Å². The third-order valence-electron chi connectivity index (χ3n) is 2.74. The third-order valence-corrected chi connectivity index (χ3v) is 6.51. The van der Waals surface area contributed by atoms with Crippen molar-refractivity contribution in [2.75, 3.05) is 19.8 Å². The molecule has 1 atom stereocenters. The first-order valence-electron chi connectivity index (χ1n) is 6.69. The summed E-state index contributed by atoms with van der Waals surface area (Å²) in [6, 6.07) is 0. The molecule has 6 heteroatoms. The van der Waals surface area contributed by atoms with Crippen molar-refractivity contribution >= 4 is 14.8 Å². The van der Waals surface area contributed by atoms with Crippen LogP contribution in [0.3, 0.4) is 0 Å². The Hall–Kier alpha value is -0.433. The first-order chi connectivity index (χ1) is 8.56. The highest BCUT2D eigenvalue weighted by atomic mass is 28.4. The fraction of sp³-hybridized carbons (Fsp3) is 0.917. The van der Waals surface area contributed by atoms with E-state index >= 15 is 0 Å². The highest BCUT2D eigenvalue weighted by Crippen LogP contribution is 2.33. The average Bonchev–Trinajstić information content (AvgIpc) is 2.30. The average molecular weight is 278 g/mol. The van der Waals surface area contributed by atoms with E-state index < -0.39 is 14.8 Å². The Morgan fingerprint density at radius 2 is 1.50 bits per heavy atom. The molecule has 0 aliphatic carbocycles. The molecular weight excluding hydrogens is 252 g/mol. The van der Waals surface area contributed by atoms with Gasteiger partial charge in [-0.3, -0.25) is 4.79 Å². The summed E-state index contributed by atoms with van der Waals surface area (Å²) in [5.74, 6) is -0.791. The summed E-state index contributed by atoms with van der Waals surface area (Å²) in [6.07, 6.45) is 1.47. The van der Waals surface area contributed by atoms with E-state index in [1.165, 1.54) is 0 Å². The van der Waals surface area contributed by atoms with Crippen molar-refractivity contribution in [3.63, 3.8) is 0 Å². The quantitative estimate of drug-likeness (QED) is 0.589. The van der Waals surface area contributed by atoms with E-state index in [2.05, 4.69) is 0 Å². The number of carboxylic acids is 1. The number of hydrogen-bond donors (Lipinski definition) is 1. The van der Waals surface area contributed by atoms with Gasteiger partial charge in [0.2, 0.25) is 0 Å². The lowest BCUT2D eigenvalue weighted by atomic mass is 10.2. The largest absolute Gasteiger partial charge is 0.504 e. The van der Waals surface area contributed by atoms with Crippen LogP contribution in [0.5, 0.6) is 0 Å². The maximum Gasteiger partial charge on any atom is 0.504 e. The lowest BCUT2D eigenvalue weighted by Gasteiger charge is -2.34. The molecule has 0 amide bonds. The Morgan fingerprint density at radius 1 is 1.06 bits per heavy atom. The zero-order valence-corrected chi connectivity index (χ0v) is 12.9. The van der Waals surface area contributed by atoms with Crippen LogP contribution in [-0.2, 0) is 18.1 Å². The van der Waals surface area contributed by atoms with Crippen LogP contribution in [0.1, 0.15) is 47.0 Å². The van der Waals surface area contributed by atoms with Gasteiger partial charge in [0.1, 0.15) is 0 Å². The predicted molar refractivity (Wildman–Crippen MR) is 71.5 cm³/mol. The molecule has 18 heavy (non-hydrogen) atoms. The minimum atomic E-state index is -2.76. The topological polar surface area (TPSA) is 65.0 Å². The van der Waals surface area contributed by atoms with Crippen molar-refractivity contribution in [2.24, 2.45) is 0 Å². The van der Waals surface area contributed by atoms with Gasteiger partial charge in [-0.1, -0.05) is 6.92 Å². The molecule has 0 aliphatic heterocycles. The molecule has 1 N–H and O–H groups in total. The van der Waals surface area contributed by atoms with Crippen molar-refractivity contribution in [1.29, 1.82) is 0 Å². The van der Waals surface area contributed by atoms with Crippen LogP contribution >= 0.6 is 0 Å². The minimum Gasteiger partial charge on any atom is -0.481 e. The monoisotopic (exact) mass is 278 g/mol. The Balaban J connectivity index is 4.87. The summed E-state index contributed by atoms with van der Waals surface area (Å²) in [7, 11) is -2.76. The first kappa shape index (κ1) is 17.6. The van der Waals surface area contributed by atoms with Gasteiger partial charge in [0.05, 0.1) is 0 Å². The van der Waals surface area contributed by atoms with Crippen LogP contribution in [0.4, 0.5) is 0 Å². The molecule has 0 saturated carbocycles. The van der Waals surface area contributed by atoms with Crippen molar-refractivity contribution < 1.29 is 23.2 Å². The molecule has 0 aromatic rings. The van der Waals surface area contributed by atoms with Gasteiger partial charge in [0.15, 0.2) is 0 Å². The molecule has 0 radical (unpaired) electrons. The molecule has 0 rings (SSSR count). The van der Waals surface area contributed by atoms with E-state index in [1.54, 1.807) is 0 Å². The van der Waals surface area contributed by atoms with Crippen LogP contribution in [0, 0.1) is 0 Å². The van der Waals surface area contributed by atoms with E-state index in [9.17, 15) is 4.79 Å². The minimum absolute atomic E-state index is 0.0495. The molecule has 0 bridgehead atoms. The zero-order valence-electron chi connectivity index (χ0n) is 11.9. The summed E-state index contributed by atoms with van der Waals surface area (Å²) in [6.45, 7) is 9.31. The fourth-order valence-corrected chi connectivity index (χ4v) is 5.17. The lowest BCUT2D eigenvalue weighted by molar-refractivity contribution is -0.137. The maximum atomic E-state index is 10.7. The molecule has 0 aromatic carbocycles. The summed E-state index contributed by atoms with van der Waals surface area (Å²) < 4.78 is 17.4. The summed E-state index contributed by atoms with van der Waals surface area (Å²) >= 11 is 0. The Morgan fingerprint density at radius 3 is 1.78 bits per heavy atom. The molecule has 0 fully saturated rings. The molecule has 1 unspecified atom stereocenters. The second-order valence-corrected chi connectivity index (χ2v) is 6.83. The maximum absolute atomic E-state index is 10.7. The Labute approximate surface area is 111 Å². The smallest absolute Gasteiger partial charge is 0.481 e. The lowest BCUT2D eigenvalue weighted by Crippen LogP contribution is -2.50. The number of rotatable bonds is 11. The number of hydrogen-bond acceptors (Lipinski definition) is 4. The second-order valence-electron chi connectivity index (χ2n) is 3.94. The fourth-order valence-electron chi connectivity index (χ4n) is 2.01. The molecule has 0 saturated heterocycles. The number of aliphatic carboxylic acids is 1. The molecule has 5 nitrogen and oxygen atoms in total. The van der Waals surface area contributed by atoms with Gasteiger partial charge in [-0.25, -0.2) is 0 Å². The van der Waals surface area contributed by atoms with Gasteiger partial charge in [-0.2, -0.15) is 0 Å². The van der Waals surface area contributed by atoms with Crippen molar-refractivity contribution in [3.05, 3.63) is 0 Å². The van der Waals surface area contributed by atoms with Gasteiger partial charge in [0.25, 0.3) is 0 Å². The molecule has 0 aromatic heterocycles. The van der Waals surface area contributed by atoms with Gasteiger partial charge in [0, 0.05) is 31.8 Å². The van der Waals surface area contributed by atoms with Gasteiger partial charge in [-0.15, -0.1) is 0 Å². The van der Waals surface area contributed by atoms with Crippen LogP contribution in [-0.4, -0.2) is 39.7 Å². The van der Waals surface area contributed by atoms with E-state index in [-0.39, 0.29) is 12.0 Å². The normalized spacial score (nSPS) is 13.6. The van der Waals surface area contributed by atoms with Crippen molar-refractivity contribution in [1.82, 2.24) is 0 Å². The summed E-state index contributed by atoms with van der Waals surface area (Å²) in [5.41, 5.74) is 0.0495. The second kappa shape index (κ2) is 9.49. The number of carbonyl (C=O) groups is 1. The van der Waals surface area contributed by atoms with E-state index in [1.807, 2.05) is 27.7 Å². The standard InChI is InChI=1S/C12H26O5Si/c1-5-11(9-10-12(13)14)18(15-6-2,16-7-3)17-8-4/h11H,5-10H2,1-4H3,(H,13,14). The highest BCUT2D eigenvalue weighted by Gasteiger charge is 2.47. The van der Waals surface area contributed by atoms with Crippen molar-refractivity contribution in [3.8, 4) is 0 Å². The van der Waals surface area contributed by atoms with Crippen LogP contribution in [0.25, 0.3) is 0 Å². The van der Waals surface area contributed by atoms with Gasteiger partial charge in [-0.05, 0) is 33.6 Å². The first-order valence-corrected chi connectivity index (χ1v) is 8.50. The number of carboxylic acid groups (broad SMARTS) is 1. The molecule has 0 spiro atoms. The van der Waals surface area contributed by atoms with Gasteiger partial charge >= 0.3 is 14.8 Å². The van der Waals surface area contributed by atoms with Crippen LogP contribution < -0.4 is 0 Å². The molecular formula is C12H26O5Si.